The number of amides is 1. The maximum Gasteiger partial charge on any atom is 0.250 e. The van der Waals surface area contributed by atoms with Crippen LogP contribution in [0, 0.1) is 0 Å². The van der Waals surface area contributed by atoms with Gasteiger partial charge in [0.15, 0.2) is 5.82 Å². The minimum absolute atomic E-state index is 0.0327. The van der Waals surface area contributed by atoms with E-state index in [1.807, 2.05) is 6.92 Å². The van der Waals surface area contributed by atoms with Crippen molar-refractivity contribution in [1.29, 1.82) is 0 Å². The van der Waals surface area contributed by atoms with Gasteiger partial charge in [-0.25, -0.2) is 0 Å². The molecule has 7 heteroatoms. The Bertz CT molecular complexity index is 721. The largest absolute Gasteiger partial charge is 0.337 e. The van der Waals surface area contributed by atoms with E-state index >= 15 is 0 Å². The number of nitrogens with zero attached hydrogens (tertiary/aromatic N) is 4. The fourth-order valence-electron chi connectivity index (χ4n) is 2.70. The van der Waals surface area contributed by atoms with E-state index in [1.54, 1.807) is 23.2 Å². The van der Waals surface area contributed by atoms with Crippen LogP contribution in [0.25, 0.3) is 0 Å². The molecular weight excluding hydrogens is 284 g/mol. The number of rotatable bonds is 4. The molecule has 0 N–H and O–H groups in total. The lowest BCUT2D eigenvalue weighted by Crippen LogP contribution is -2.36. The summed E-state index contributed by atoms with van der Waals surface area (Å²) in [6, 6.07) is 4.66. The van der Waals surface area contributed by atoms with Gasteiger partial charge < -0.3 is 14.0 Å². The highest BCUT2D eigenvalue weighted by molar-refractivity contribution is 5.76. The van der Waals surface area contributed by atoms with Gasteiger partial charge in [-0.1, -0.05) is 18.1 Å². The molecule has 0 saturated carbocycles. The average molecular weight is 302 g/mol. The summed E-state index contributed by atoms with van der Waals surface area (Å²) in [4.78, 5) is 30.3. The average Bonchev–Trinajstić information content (AvgIpc) is 3.17. The zero-order valence-electron chi connectivity index (χ0n) is 12.4. The summed E-state index contributed by atoms with van der Waals surface area (Å²) in [5.41, 5.74) is -0.183. The molecule has 3 rings (SSSR count). The molecule has 3 heterocycles. The molecule has 1 aliphatic heterocycles. The predicted molar refractivity (Wildman–Crippen MR) is 78.1 cm³/mol. The van der Waals surface area contributed by atoms with Crippen LogP contribution in [0.2, 0.25) is 0 Å². The minimum Gasteiger partial charge on any atom is -0.337 e. The maximum absolute atomic E-state index is 12.5. The van der Waals surface area contributed by atoms with Crippen molar-refractivity contribution in [3.63, 3.8) is 0 Å². The van der Waals surface area contributed by atoms with Crippen LogP contribution in [-0.2, 0) is 17.8 Å². The third-order valence-corrected chi connectivity index (χ3v) is 3.86. The summed E-state index contributed by atoms with van der Waals surface area (Å²) in [6.45, 7) is 2.63. The van der Waals surface area contributed by atoms with Crippen LogP contribution in [0.5, 0.6) is 0 Å². The molecular formula is C15H18N4O3. The van der Waals surface area contributed by atoms with Crippen molar-refractivity contribution < 1.29 is 9.32 Å². The Labute approximate surface area is 127 Å². The molecule has 116 valence electrons. The van der Waals surface area contributed by atoms with E-state index in [0.29, 0.717) is 24.7 Å². The third-order valence-electron chi connectivity index (χ3n) is 3.86. The fourth-order valence-corrected chi connectivity index (χ4v) is 2.70. The normalized spacial score (nSPS) is 17.9. The molecule has 1 saturated heterocycles. The highest BCUT2D eigenvalue weighted by Crippen LogP contribution is 2.31. The second-order valence-electron chi connectivity index (χ2n) is 5.31. The molecule has 0 bridgehead atoms. The second-order valence-corrected chi connectivity index (χ2v) is 5.31. The number of likely N-dealkylation sites (tertiary alicyclic amines) is 1. The highest BCUT2D eigenvalue weighted by Gasteiger charge is 2.33. The van der Waals surface area contributed by atoms with Gasteiger partial charge in [-0.05, 0) is 18.9 Å². The Balaban J connectivity index is 1.76. The molecule has 7 nitrogen and oxygen atoms in total. The predicted octanol–water partition coefficient (Wildman–Crippen LogP) is 1.16. The van der Waals surface area contributed by atoms with Crippen LogP contribution in [0.1, 0.15) is 37.5 Å². The monoisotopic (exact) mass is 302 g/mol. The standard InChI is InChI=1S/C15H18N4O3/c1-2-12-16-15(22-17-12)11-6-5-9-19(11)14(21)10-18-8-4-3-7-13(18)20/h3-4,7-8,11H,2,5-6,9-10H2,1H3/t11-/m0/s1. The van der Waals surface area contributed by atoms with Crippen LogP contribution in [0.4, 0.5) is 0 Å². The Kier molecular flexibility index (Phi) is 4.04. The minimum atomic E-state index is -0.183. The number of pyridine rings is 1. The molecule has 1 fully saturated rings. The first kappa shape index (κ1) is 14.5. The van der Waals surface area contributed by atoms with Crippen molar-refractivity contribution in [3.8, 4) is 0 Å². The van der Waals surface area contributed by atoms with E-state index in [2.05, 4.69) is 10.1 Å². The Morgan fingerprint density at radius 3 is 3.05 bits per heavy atom. The topological polar surface area (TPSA) is 81.2 Å². The molecule has 1 aliphatic rings. The molecule has 1 atom stereocenters. The van der Waals surface area contributed by atoms with Crippen molar-refractivity contribution >= 4 is 5.91 Å². The summed E-state index contributed by atoms with van der Waals surface area (Å²) in [5.74, 6) is 1.03. The molecule has 0 spiro atoms. The summed E-state index contributed by atoms with van der Waals surface area (Å²) >= 11 is 0. The Morgan fingerprint density at radius 2 is 2.32 bits per heavy atom. The van der Waals surface area contributed by atoms with Crippen LogP contribution < -0.4 is 5.56 Å². The zero-order chi connectivity index (χ0) is 15.5. The van der Waals surface area contributed by atoms with Crippen LogP contribution in [-0.4, -0.2) is 32.1 Å². The van der Waals surface area contributed by atoms with Crippen LogP contribution >= 0.6 is 0 Å². The molecule has 2 aromatic rings. The maximum atomic E-state index is 12.5. The van der Waals surface area contributed by atoms with Gasteiger partial charge in [0.1, 0.15) is 12.6 Å². The number of carbonyl (C=O) groups excluding carboxylic acids is 1. The quantitative estimate of drug-likeness (QED) is 0.846. The van der Waals surface area contributed by atoms with Crippen molar-refractivity contribution in [2.75, 3.05) is 6.54 Å². The summed E-state index contributed by atoms with van der Waals surface area (Å²) in [7, 11) is 0. The Morgan fingerprint density at radius 1 is 1.45 bits per heavy atom. The first-order valence-corrected chi connectivity index (χ1v) is 7.46. The van der Waals surface area contributed by atoms with Crippen LogP contribution in [0.15, 0.2) is 33.7 Å². The molecule has 1 amide bonds. The second kappa shape index (κ2) is 6.13. The van der Waals surface area contributed by atoms with Gasteiger partial charge in [0.25, 0.3) is 5.56 Å². The molecule has 0 unspecified atom stereocenters. The number of aryl methyl sites for hydroxylation is 1. The first-order valence-electron chi connectivity index (χ1n) is 7.46. The summed E-state index contributed by atoms with van der Waals surface area (Å²) in [6.07, 6.45) is 4.02. The van der Waals surface area contributed by atoms with E-state index in [1.165, 1.54) is 10.6 Å². The fraction of sp³-hybridized carbons (Fsp3) is 0.467. The Hall–Kier alpha value is -2.44. The lowest BCUT2D eigenvalue weighted by molar-refractivity contribution is -0.133. The van der Waals surface area contributed by atoms with Gasteiger partial charge >= 0.3 is 0 Å². The third kappa shape index (κ3) is 2.79. The number of hydrogen-bond acceptors (Lipinski definition) is 5. The zero-order valence-corrected chi connectivity index (χ0v) is 12.4. The van der Waals surface area contributed by atoms with Crippen molar-refractivity contribution in [2.24, 2.45) is 0 Å². The summed E-state index contributed by atoms with van der Waals surface area (Å²) < 4.78 is 6.68. The molecule has 0 radical (unpaired) electrons. The molecule has 0 aromatic carbocycles. The SMILES string of the molecule is CCc1noc([C@@H]2CCCN2C(=O)Cn2ccccc2=O)n1. The van der Waals surface area contributed by atoms with Crippen molar-refractivity contribution in [1.82, 2.24) is 19.6 Å². The van der Waals surface area contributed by atoms with E-state index in [-0.39, 0.29) is 24.1 Å². The van der Waals surface area contributed by atoms with Gasteiger partial charge in [0.2, 0.25) is 11.8 Å². The molecule has 22 heavy (non-hydrogen) atoms. The van der Waals surface area contributed by atoms with E-state index in [4.69, 9.17) is 4.52 Å². The van der Waals surface area contributed by atoms with Gasteiger partial charge in [0.05, 0.1) is 0 Å². The van der Waals surface area contributed by atoms with Gasteiger partial charge in [-0.2, -0.15) is 4.98 Å². The summed E-state index contributed by atoms with van der Waals surface area (Å²) in [5, 5.41) is 3.89. The van der Waals surface area contributed by atoms with Gasteiger partial charge in [0, 0.05) is 25.2 Å². The van der Waals surface area contributed by atoms with E-state index in [0.717, 1.165) is 12.8 Å². The van der Waals surface area contributed by atoms with Crippen molar-refractivity contribution in [2.45, 2.75) is 38.8 Å². The number of hydrogen-bond donors (Lipinski definition) is 0. The molecule has 0 aliphatic carbocycles. The van der Waals surface area contributed by atoms with E-state index < -0.39 is 0 Å². The highest BCUT2D eigenvalue weighted by atomic mass is 16.5. The lowest BCUT2D eigenvalue weighted by atomic mass is 10.2. The van der Waals surface area contributed by atoms with Gasteiger partial charge in [-0.15, -0.1) is 0 Å². The van der Waals surface area contributed by atoms with Crippen LogP contribution in [0.3, 0.4) is 0 Å². The first-order chi connectivity index (χ1) is 10.7. The van der Waals surface area contributed by atoms with Crippen molar-refractivity contribution in [3.05, 3.63) is 46.5 Å². The smallest absolute Gasteiger partial charge is 0.250 e. The van der Waals surface area contributed by atoms with E-state index in [9.17, 15) is 9.59 Å². The number of carbonyl (C=O) groups is 1. The lowest BCUT2D eigenvalue weighted by Gasteiger charge is -2.22. The molecule has 2 aromatic heterocycles. The number of aromatic nitrogens is 3. The van der Waals surface area contributed by atoms with Gasteiger partial charge in [-0.3, -0.25) is 9.59 Å².